The van der Waals surface area contributed by atoms with Gasteiger partial charge in [-0.25, -0.2) is 19.3 Å². The van der Waals surface area contributed by atoms with Gasteiger partial charge in [0.2, 0.25) is 0 Å². The lowest BCUT2D eigenvalue weighted by Gasteiger charge is -2.37. The zero-order valence-electron chi connectivity index (χ0n) is 40.2. The Balaban J connectivity index is 0.000000156. The first-order valence-corrected chi connectivity index (χ1v) is 25.3. The van der Waals surface area contributed by atoms with E-state index >= 15 is 0 Å². The zero-order chi connectivity index (χ0) is 49.1. The van der Waals surface area contributed by atoms with E-state index in [0.717, 1.165) is 93.0 Å². The summed E-state index contributed by atoms with van der Waals surface area (Å²) in [6.07, 6.45) is 3.95. The van der Waals surface area contributed by atoms with Crippen LogP contribution in [-0.2, 0) is 20.6 Å². The third kappa shape index (κ3) is 8.58. The minimum Gasteiger partial charge on any atom is -0.375 e. The lowest BCUT2D eigenvalue weighted by Crippen LogP contribution is -2.42. The predicted octanol–water partition coefficient (Wildman–Crippen LogP) is 12.3. The van der Waals surface area contributed by atoms with E-state index in [4.69, 9.17) is 42.9 Å². The topological polar surface area (TPSA) is 86.4 Å². The van der Waals surface area contributed by atoms with Crippen LogP contribution in [-0.4, -0.2) is 81.1 Å². The number of anilines is 2. The lowest BCUT2D eigenvalue weighted by molar-refractivity contribution is 0.0528. The summed E-state index contributed by atoms with van der Waals surface area (Å²) in [5.41, 5.74) is 7.07. The monoisotopic (exact) mass is 988 g/mol. The molecule has 72 heavy (non-hydrogen) atoms. The number of nitrogens with zero attached hydrogens (tertiary/aromatic N) is 8. The molecule has 2 atom stereocenters. The van der Waals surface area contributed by atoms with Crippen molar-refractivity contribution in [1.82, 2.24) is 29.5 Å². The number of rotatable bonds is 10. The van der Waals surface area contributed by atoms with Crippen molar-refractivity contribution in [3.8, 4) is 0 Å². The summed E-state index contributed by atoms with van der Waals surface area (Å²) in [5, 5.41) is 13.6. The molecule has 0 spiro atoms. The highest BCUT2D eigenvalue weighted by molar-refractivity contribution is 6.30. The van der Waals surface area contributed by atoms with E-state index in [0.29, 0.717) is 23.5 Å². The summed E-state index contributed by atoms with van der Waals surface area (Å²) in [7, 11) is 0. The van der Waals surface area contributed by atoms with Gasteiger partial charge in [-0.2, -0.15) is 10.2 Å². The summed E-state index contributed by atoms with van der Waals surface area (Å²) in [6, 6.07) is 67.2. The van der Waals surface area contributed by atoms with E-state index in [2.05, 4.69) is 189 Å². The second kappa shape index (κ2) is 20.4. The Morgan fingerprint density at radius 1 is 0.431 bits per heavy atom. The van der Waals surface area contributed by atoms with Crippen LogP contribution < -0.4 is 9.80 Å². The minimum atomic E-state index is -0.733. The van der Waals surface area contributed by atoms with E-state index in [1.54, 1.807) is 0 Å². The van der Waals surface area contributed by atoms with Crippen molar-refractivity contribution in [2.45, 2.75) is 37.1 Å². The third-order valence-electron chi connectivity index (χ3n) is 13.9. The Bertz CT molecular complexity index is 2980. The van der Waals surface area contributed by atoms with Crippen molar-refractivity contribution >= 4 is 56.6 Å². The summed E-state index contributed by atoms with van der Waals surface area (Å²) >= 11 is 13.0. The molecule has 0 bridgehead atoms. The van der Waals surface area contributed by atoms with Crippen LogP contribution in [0.2, 0.25) is 10.3 Å². The van der Waals surface area contributed by atoms with Crippen molar-refractivity contribution in [2.24, 2.45) is 0 Å². The number of benzene rings is 6. The molecular formula is C60H54Cl2N8O2. The fourth-order valence-corrected chi connectivity index (χ4v) is 11.1. The summed E-state index contributed by atoms with van der Waals surface area (Å²) in [4.78, 5) is 13.5. The molecule has 4 aromatic heterocycles. The highest BCUT2D eigenvalue weighted by atomic mass is 35.5. The van der Waals surface area contributed by atoms with Crippen molar-refractivity contribution < 1.29 is 9.47 Å². The predicted molar refractivity (Wildman–Crippen MR) is 290 cm³/mol. The molecule has 2 unspecified atom stereocenters. The first kappa shape index (κ1) is 47.0. The molecule has 0 N–H and O–H groups in total. The third-order valence-corrected chi connectivity index (χ3v) is 14.3. The SMILES string of the molecule is CC1CN(c2nn(C(c3ccccc3)(c3ccccc3)c3ccccc3)c3cc(Cl)ncc23)CCO1.CC1CN(c2nn(C(c3ccccc3)(c3ccccc3)c3ccccc3)c3cc(Cl)ncc23)CCO1. The van der Waals surface area contributed by atoms with Crippen LogP contribution in [0.1, 0.15) is 47.2 Å². The number of ether oxygens (including phenoxy) is 2. The number of pyridine rings is 2. The Kier molecular flexibility index (Phi) is 13.3. The van der Waals surface area contributed by atoms with E-state index in [1.165, 1.54) is 0 Å². The largest absolute Gasteiger partial charge is 0.375 e. The number of morpholine rings is 2. The highest BCUT2D eigenvalue weighted by Crippen LogP contribution is 2.46. The molecule has 2 saturated heterocycles. The quantitative estimate of drug-likeness (QED) is 0.0989. The highest BCUT2D eigenvalue weighted by Gasteiger charge is 2.43. The Hall–Kier alpha value is -7.34. The van der Waals surface area contributed by atoms with Crippen LogP contribution in [0.3, 0.4) is 0 Å². The molecular weight excluding hydrogens is 936 g/mol. The molecule has 6 heterocycles. The van der Waals surface area contributed by atoms with Crippen LogP contribution in [0, 0.1) is 0 Å². The smallest absolute Gasteiger partial charge is 0.160 e. The van der Waals surface area contributed by atoms with Gasteiger partial charge in [-0.05, 0) is 47.2 Å². The molecule has 0 aliphatic carbocycles. The first-order valence-electron chi connectivity index (χ1n) is 24.5. The Morgan fingerprint density at radius 2 is 0.708 bits per heavy atom. The maximum atomic E-state index is 6.51. The van der Waals surface area contributed by atoms with Gasteiger partial charge in [0.25, 0.3) is 0 Å². The number of halogens is 2. The molecule has 360 valence electrons. The summed E-state index contributed by atoms with van der Waals surface area (Å²) < 4.78 is 15.9. The minimum absolute atomic E-state index is 0.126. The summed E-state index contributed by atoms with van der Waals surface area (Å²) in [5.74, 6) is 1.80. The molecule has 6 aromatic carbocycles. The number of hydrogen-bond donors (Lipinski definition) is 0. The molecule has 0 amide bonds. The van der Waals surface area contributed by atoms with Crippen LogP contribution in [0.15, 0.2) is 207 Å². The van der Waals surface area contributed by atoms with Crippen LogP contribution >= 0.6 is 23.2 Å². The molecule has 0 saturated carbocycles. The van der Waals surface area contributed by atoms with Gasteiger partial charge >= 0.3 is 0 Å². The van der Waals surface area contributed by atoms with Crippen molar-refractivity contribution in [1.29, 1.82) is 0 Å². The van der Waals surface area contributed by atoms with Crippen molar-refractivity contribution in [3.05, 3.63) is 250 Å². The average Bonchev–Trinajstić information content (AvgIpc) is 4.00. The van der Waals surface area contributed by atoms with Gasteiger partial charge in [0, 0.05) is 50.7 Å². The Labute approximate surface area is 430 Å². The normalized spacial score (nSPS) is 16.4. The molecule has 2 aliphatic rings. The van der Waals surface area contributed by atoms with E-state index in [1.807, 2.05) is 60.9 Å². The van der Waals surface area contributed by atoms with Crippen LogP contribution in [0.4, 0.5) is 11.6 Å². The Morgan fingerprint density at radius 3 is 0.972 bits per heavy atom. The van der Waals surface area contributed by atoms with E-state index < -0.39 is 11.1 Å². The molecule has 10 nitrogen and oxygen atoms in total. The number of aromatic nitrogens is 6. The average molecular weight is 990 g/mol. The van der Waals surface area contributed by atoms with Gasteiger partial charge in [0.1, 0.15) is 21.4 Å². The molecule has 12 rings (SSSR count). The van der Waals surface area contributed by atoms with Gasteiger partial charge < -0.3 is 19.3 Å². The summed E-state index contributed by atoms with van der Waals surface area (Å²) in [6.45, 7) is 8.61. The fourth-order valence-electron chi connectivity index (χ4n) is 10.8. The van der Waals surface area contributed by atoms with E-state index in [9.17, 15) is 0 Å². The van der Waals surface area contributed by atoms with Gasteiger partial charge in [-0.15, -0.1) is 0 Å². The van der Waals surface area contributed by atoms with Crippen molar-refractivity contribution in [3.63, 3.8) is 0 Å². The maximum Gasteiger partial charge on any atom is 0.160 e. The van der Waals surface area contributed by atoms with Gasteiger partial charge in [-0.3, -0.25) is 0 Å². The second-order valence-corrected chi connectivity index (χ2v) is 19.2. The van der Waals surface area contributed by atoms with Crippen LogP contribution in [0.5, 0.6) is 0 Å². The van der Waals surface area contributed by atoms with Crippen molar-refractivity contribution in [2.75, 3.05) is 49.2 Å². The second-order valence-electron chi connectivity index (χ2n) is 18.4. The van der Waals surface area contributed by atoms with Crippen LogP contribution in [0.25, 0.3) is 21.8 Å². The number of fused-ring (bicyclic) bond motifs is 2. The maximum absolute atomic E-state index is 6.51. The molecule has 2 fully saturated rings. The lowest BCUT2D eigenvalue weighted by atomic mass is 9.77. The van der Waals surface area contributed by atoms with Gasteiger partial charge in [0.15, 0.2) is 11.6 Å². The molecule has 0 radical (unpaired) electrons. The first-order chi connectivity index (χ1) is 35.3. The number of hydrogen-bond acceptors (Lipinski definition) is 8. The zero-order valence-corrected chi connectivity index (χ0v) is 41.7. The fraction of sp³-hybridized carbons (Fsp3) is 0.200. The standard InChI is InChI=1S/2C30H27ClN4O/c2*1-22-21-34(17-18-36-22)29-26-20-32-28(31)19-27(26)35(33-29)30(23-11-5-2-6-12-23,24-13-7-3-8-14-24)25-15-9-4-10-16-25/h2*2-16,19-20,22H,17-18,21H2,1H3. The van der Waals surface area contributed by atoms with E-state index in [-0.39, 0.29) is 12.2 Å². The molecule has 2 aliphatic heterocycles. The van der Waals surface area contributed by atoms with Gasteiger partial charge in [0.05, 0.1) is 47.2 Å². The van der Waals surface area contributed by atoms with Gasteiger partial charge in [-0.1, -0.05) is 205 Å². The molecule has 12 heteroatoms. The molecule has 10 aromatic rings.